The maximum atomic E-state index is 11.3. The number of nitrogens with zero attached hydrogens (tertiary/aromatic N) is 4. The number of hydrogen-bond donors (Lipinski definition) is 2. The molecule has 2 unspecified atom stereocenters. The summed E-state index contributed by atoms with van der Waals surface area (Å²) in [4.78, 5) is 25.2. The van der Waals surface area contributed by atoms with Crippen molar-refractivity contribution in [2.75, 3.05) is 0 Å². The molecule has 2 N–H and O–H groups in total. The van der Waals surface area contributed by atoms with Crippen LogP contribution < -0.4 is 0 Å². The minimum atomic E-state index is -0.653. The number of aromatic nitrogens is 1. The summed E-state index contributed by atoms with van der Waals surface area (Å²) in [6.45, 7) is 0. The first kappa shape index (κ1) is 25.3. The predicted octanol–water partition coefficient (Wildman–Crippen LogP) is 6.57. The number of rotatable bonds is 8. The number of nitro benzene ring substituents is 1. The molecule has 0 saturated heterocycles. The Balaban J connectivity index is 1.70. The summed E-state index contributed by atoms with van der Waals surface area (Å²) in [5, 5.41) is 32.9. The standard InChI is InChI=1S/C31H24N4O4/c36-27-12-3-1-7-23(27)19-33-30(22-14-16-25(17-15-22)35(38)39)31(34-20-24-8-2-4-13-28(24)37)26-11-5-9-21-10-6-18-32-29(21)26/h1-20,30-31,36-37H. The molecular weight excluding hydrogens is 492 g/mol. The van der Waals surface area contributed by atoms with E-state index in [1.54, 1.807) is 79.3 Å². The van der Waals surface area contributed by atoms with Crippen molar-refractivity contribution >= 4 is 29.0 Å². The van der Waals surface area contributed by atoms with Crippen molar-refractivity contribution in [2.45, 2.75) is 12.1 Å². The van der Waals surface area contributed by atoms with Gasteiger partial charge in [0, 0.05) is 52.8 Å². The summed E-state index contributed by atoms with van der Waals surface area (Å²) in [7, 11) is 0. The number of para-hydroxylation sites is 3. The lowest BCUT2D eigenvalue weighted by Gasteiger charge is -2.23. The molecule has 0 aliphatic heterocycles. The molecule has 0 spiro atoms. The fourth-order valence-electron chi connectivity index (χ4n) is 4.36. The van der Waals surface area contributed by atoms with Gasteiger partial charge >= 0.3 is 0 Å². The first-order valence-corrected chi connectivity index (χ1v) is 12.2. The van der Waals surface area contributed by atoms with Gasteiger partial charge in [-0.25, -0.2) is 0 Å². The number of non-ortho nitro benzene ring substituents is 1. The number of aliphatic imine (C=N–C) groups is 2. The summed E-state index contributed by atoms with van der Waals surface area (Å²) in [5.74, 6) is 0.158. The lowest BCUT2D eigenvalue weighted by Crippen LogP contribution is -2.10. The largest absolute Gasteiger partial charge is 0.507 e. The molecule has 5 aromatic rings. The van der Waals surface area contributed by atoms with Crippen LogP contribution in [0, 0.1) is 10.1 Å². The van der Waals surface area contributed by atoms with Gasteiger partial charge in [-0.05, 0) is 48.0 Å². The number of fused-ring (bicyclic) bond motifs is 1. The number of phenolic OH excluding ortho intramolecular Hbond substituents is 2. The molecule has 8 nitrogen and oxygen atoms in total. The van der Waals surface area contributed by atoms with Crippen molar-refractivity contribution < 1.29 is 15.1 Å². The van der Waals surface area contributed by atoms with Crippen molar-refractivity contribution in [3.05, 3.63) is 142 Å². The van der Waals surface area contributed by atoms with E-state index in [-0.39, 0.29) is 17.2 Å². The van der Waals surface area contributed by atoms with E-state index in [4.69, 9.17) is 9.98 Å². The third-order valence-corrected chi connectivity index (χ3v) is 6.35. The van der Waals surface area contributed by atoms with E-state index in [0.29, 0.717) is 16.7 Å². The highest BCUT2D eigenvalue weighted by Crippen LogP contribution is 2.39. The molecule has 0 aliphatic carbocycles. The van der Waals surface area contributed by atoms with Crippen molar-refractivity contribution in [2.24, 2.45) is 9.98 Å². The molecule has 8 heteroatoms. The van der Waals surface area contributed by atoms with E-state index < -0.39 is 17.0 Å². The monoisotopic (exact) mass is 516 g/mol. The minimum Gasteiger partial charge on any atom is -0.507 e. The van der Waals surface area contributed by atoms with Gasteiger partial charge in [0.05, 0.1) is 10.4 Å². The van der Waals surface area contributed by atoms with E-state index in [1.165, 1.54) is 12.1 Å². The molecule has 192 valence electrons. The summed E-state index contributed by atoms with van der Waals surface area (Å²) < 4.78 is 0. The topological polar surface area (TPSA) is 121 Å². The van der Waals surface area contributed by atoms with Crippen LogP contribution in [0.1, 0.15) is 34.3 Å². The highest BCUT2D eigenvalue weighted by atomic mass is 16.6. The quantitative estimate of drug-likeness (QED) is 0.137. The Morgan fingerprint density at radius 3 is 1.92 bits per heavy atom. The molecule has 0 fully saturated rings. The number of hydrogen-bond acceptors (Lipinski definition) is 7. The number of phenols is 2. The fraction of sp³-hybridized carbons (Fsp3) is 0.0645. The Labute approximate surface area is 224 Å². The predicted molar refractivity (Wildman–Crippen MR) is 152 cm³/mol. The molecule has 0 amide bonds. The Morgan fingerprint density at radius 2 is 1.31 bits per heavy atom. The number of nitro groups is 1. The normalized spacial score (nSPS) is 13.1. The molecule has 0 radical (unpaired) electrons. The molecule has 0 aliphatic rings. The number of pyridine rings is 1. The van der Waals surface area contributed by atoms with Crippen LogP contribution in [0.4, 0.5) is 5.69 Å². The van der Waals surface area contributed by atoms with Crippen LogP contribution in [0.5, 0.6) is 11.5 Å². The van der Waals surface area contributed by atoms with Crippen LogP contribution in [-0.4, -0.2) is 32.5 Å². The third-order valence-electron chi connectivity index (χ3n) is 6.35. The van der Waals surface area contributed by atoms with Crippen molar-refractivity contribution in [1.29, 1.82) is 0 Å². The van der Waals surface area contributed by atoms with Gasteiger partial charge in [0.1, 0.15) is 23.6 Å². The van der Waals surface area contributed by atoms with Gasteiger partial charge in [0.2, 0.25) is 0 Å². The Kier molecular flexibility index (Phi) is 7.36. The van der Waals surface area contributed by atoms with Gasteiger partial charge < -0.3 is 10.2 Å². The smallest absolute Gasteiger partial charge is 0.269 e. The first-order chi connectivity index (χ1) is 19.0. The van der Waals surface area contributed by atoms with E-state index in [0.717, 1.165) is 16.5 Å². The van der Waals surface area contributed by atoms with Crippen LogP contribution in [0.15, 0.2) is 119 Å². The van der Waals surface area contributed by atoms with Crippen LogP contribution >= 0.6 is 0 Å². The molecule has 0 bridgehead atoms. The van der Waals surface area contributed by atoms with Gasteiger partial charge in [-0.2, -0.15) is 0 Å². The van der Waals surface area contributed by atoms with Crippen molar-refractivity contribution in [1.82, 2.24) is 4.98 Å². The summed E-state index contributed by atoms with van der Waals surface area (Å²) in [6, 6.07) is 28.2. The van der Waals surface area contributed by atoms with Crippen molar-refractivity contribution in [3.63, 3.8) is 0 Å². The first-order valence-electron chi connectivity index (χ1n) is 12.2. The second-order valence-corrected chi connectivity index (χ2v) is 8.83. The van der Waals surface area contributed by atoms with Gasteiger partial charge in [0.25, 0.3) is 5.69 Å². The van der Waals surface area contributed by atoms with E-state index in [2.05, 4.69) is 4.98 Å². The second kappa shape index (κ2) is 11.4. The van der Waals surface area contributed by atoms with Crippen LogP contribution in [0.25, 0.3) is 10.9 Å². The Morgan fingerprint density at radius 1 is 0.718 bits per heavy atom. The average Bonchev–Trinajstić information content (AvgIpc) is 2.96. The van der Waals surface area contributed by atoms with E-state index in [9.17, 15) is 20.3 Å². The SMILES string of the molecule is O=[N+]([O-])c1ccc(C(N=Cc2ccccc2O)C(N=Cc2ccccc2O)c2cccc3cccnc23)cc1. The number of aromatic hydroxyl groups is 2. The van der Waals surface area contributed by atoms with E-state index >= 15 is 0 Å². The zero-order valence-electron chi connectivity index (χ0n) is 20.7. The summed E-state index contributed by atoms with van der Waals surface area (Å²) >= 11 is 0. The zero-order chi connectivity index (χ0) is 27.2. The van der Waals surface area contributed by atoms with Crippen molar-refractivity contribution in [3.8, 4) is 11.5 Å². The fourth-order valence-corrected chi connectivity index (χ4v) is 4.36. The van der Waals surface area contributed by atoms with E-state index in [1.807, 2.05) is 30.3 Å². The third kappa shape index (κ3) is 5.65. The van der Waals surface area contributed by atoms with Gasteiger partial charge in [0.15, 0.2) is 0 Å². The maximum Gasteiger partial charge on any atom is 0.269 e. The molecule has 39 heavy (non-hydrogen) atoms. The number of benzene rings is 4. The van der Waals surface area contributed by atoms with Crippen LogP contribution in [-0.2, 0) is 0 Å². The van der Waals surface area contributed by atoms with Gasteiger partial charge in [-0.15, -0.1) is 0 Å². The molecule has 2 atom stereocenters. The second-order valence-electron chi connectivity index (χ2n) is 8.83. The molecule has 1 aromatic heterocycles. The lowest BCUT2D eigenvalue weighted by molar-refractivity contribution is -0.384. The summed E-state index contributed by atoms with van der Waals surface area (Å²) in [6.07, 6.45) is 4.87. The van der Waals surface area contributed by atoms with Gasteiger partial charge in [-0.3, -0.25) is 25.1 Å². The highest BCUT2D eigenvalue weighted by Gasteiger charge is 2.26. The lowest BCUT2D eigenvalue weighted by atomic mass is 9.92. The minimum absolute atomic E-state index is 0.0386. The highest BCUT2D eigenvalue weighted by molar-refractivity contribution is 5.86. The van der Waals surface area contributed by atoms with Gasteiger partial charge in [-0.1, -0.05) is 48.5 Å². The van der Waals surface area contributed by atoms with Crippen LogP contribution in [0.2, 0.25) is 0 Å². The molecule has 4 aromatic carbocycles. The maximum absolute atomic E-state index is 11.3. The van der Waals surface area contributed by atoms with Crippen LogP contribution in [0.3, 0.4) is 0 Å². The Bertz CT molecular complexity index is 1680. The molecule has 1 heterocycles. The molecule has 0 saturated carbocycles. The Hall–Kier alpha value is -5.37. The molecule has 5 rings (SSSR count). The average molecular weight is 517 g/mol. The molecular formula is C31H24N4O4. The summed E-state index contributed by atoms with van der Waals surface area (Å²) in [5.41, 5.74) is 3.22. The zero-order valence-corrected chi connectivity index (χ0v) is 20.7.